The van der Waals surface area contributed by atoms with E-state index in [1.165, 1.54) is 0 Å². The van der Waals surface area contributed by atoms with Crippen molar-refractivity contribution in [1.29, 1.82) is 0 Å². The minimum absolute atomic E-state index is 0.0310. The normalized spacial score (nSPS) is 16.6. The van der Waals surface area contributed by atoms with Gasteiger partial charge in [-0.15, -0.1) is 0 Å². The number of rotatable bonds is 4. The predicted molar refractivity (Wildman–Crippen MR) is 88.1 cm³/mol. The minimum atomic E-state index is -0.0310. The zero-order valence-electron chi connectivity index (χ0n) is 13.2. The molecule has 4 rings (SSSR count). The van der Waals surface area contributed by atoms with Gasteiger partial charge in [0.2, 0.25) is 11.8 Å². The number of carbonyl (C=O) groups excluding carboxylic acids is 1. The Hall–Kier alpha value is -2.89. The molecule has 3 aromatic rings. The van der Waals surface area contributed by atoms with Crippen LogP contribution in [0.25, 0.3) is 11.5 Å². The summed E-state index contributed by atoms with van der Waals surface area (Å²) in [5, 5.41) is 3.08. The molecule has 0 bridgehead atoms. The molecule has 3 heterocycles. The summed E-state index contributed by atoms with van der Waals surface area (Å²) in [5.41, 5.74) is 1.55. The molecule has 6 heteroatoms. The lowest BCUT2D eigenvalue weighted by Crippen LogP contribution is -2.41. The Kier molecular flexibility index (Phi) is 3.86. The Bertz CT molecular complexity index is 838. The molecule has 1 unspecified atom stereocenters. The van der Waals surface area contributed by atoms with E-state index in [2.05, 4.69) is 19.9 Å². The third-order valence-corrected chi connectivity index (χ3v) is 4.21. The fourth-order valence-electron chi connectivity index (χ4n) is 3.03. The molecule has 122 valence electrons. The molecular weight excluding hydrogens is 304 g/mol. The van der Waals surface area contributed by atoms with Crippen molar-refractivity contribution in [3.63, 3.8) is 0 Å². The molecular formula is C18H18N4O2. The van der Waals surface area contributed by atoms with Gasteiger partial charge in [-0.1, -0.05) is 18.2 Å². The van der Waals surface area contributed by atoms with E-state index >= 15 is 0 Å². The second kappa shape index (κ2) is 6.31. The number of nitrogens with zero attached hydrogens (tertiary/aromatic N) is 3. The van der Waals surface area contributed by atoms with E-state index in [-0.39, 0.29) is 18.4 Å². The summed E-state index contributed by atoms with van der Waals surface area (Å²) in [7, 11) is 0. The highest BCUT2D eigenvalue weighted by atomic mass is 16.3. The average molecular weight is 322 g/mol. The Labute approximate surface area is 139 Å². The number of aryl methyl sites for hydroxylation is 1. The molecule has 0 radical (unpaired) electrons. The predicted octanol–water partition coefficient (Wildman–Crippen LogP) is 2.21. The molecule has 0 saturated carbocycles. The van der Waals surface area contributed by atoms with Crippen LogP contribution >= 0.6 is 0 Å². The molecule has 0 fully saturated rings. The van der Waals surface area contributed by atoms with Crippen LogP contribution < -0.4 is 5.32 Å². The van der Waals surface area contributed by atoms with Gasteiger partial charge >= 0.3 is 0 Å². The van der Waals surface area contributed by atoms with E-state index in [1.54, 1.807) is 12.5 Å². The number of amides is 1. The Morgan fingerprint density at radius 1 is 1.33 bits per heavy atom. The van der Waals surface area contributed by atoms with Crippen LogP contribution in [0, 0.1) is 0 Å². The topological polar surface area (TPSA) is 73.0 Å². The highest BCUT2D eigenvalue weighted by Crippen LogP contribution is 2.18. The van der Waals surface area contributed by atoms with Gasteiger partial charge in [0.1, 0.15) is 12.1 Å². The first-order valence-electron chi connectivity index (χ1n) is 8.07. The van der Waals surface area contributed by atoms with E-state index in [1.807, 2.05) is 36.5 Å². The van der Waals surface area contributed by atoms with Crippen molar-refractivity contribution in [3.05, 3.63) is 60.5 Å². The molecule has 0 aliphatic carbocycles. The lowest BCUT2D eigenvalue weighted by atomic mass is 10.1. The van der Waals surface area contributed by atoms with Crippen molar-refractivity contribution in [1.82, 2.24) is 19.9 Å². The smallest absolute Gasteiger partial charge is 0.226 e. The monoisotopic (exact) mass is 322 g/mol. The van der Waals surface area contributed by atoms with Crippen LogP contribution in [0.2, 0.25) is 0 Å². The maximum absolute atomic E-state index is 12.3. The van der Waals surface area contributed by atoms with Crippen molar-refractivity contribution in [2.45, 2.75) is 31.8 Å². The lowest BCUT2D eigenvalue weighted by Gasteiger charge is -2.24. The highest BCUT2D eigenvalue weighted by Gasteiger charge is 2.21. The van der Waals surface area contributed by atoms with Gasteiger partial charge < -0.3 is 14.3 Å². The average Bonchev–Trinajstić information content (AvgIpc) is 3.24. The molecule has 0 saturated heterocycles. The second-order valence-corrected chi connectivity index (χ2v) is 5.99. The number of carbonyl (C=O) groups is 1. The van der Waals surface area contributed by atoms with Crippen LogP contribution in [0.4, 0.5) is 0 Å². The summed E-state index contributed by atoms with van der Waals surface area (Å²) < 4.78 is 7.57. The maximum atomic E-state index is 12.3. The summed E-state index contributed by atoms with van der Waals surface area (Å²) in [5.74, 6) is 1.60. The Morgan fingerprint density at radius 2 is 2.21 bits per heavy atom. The first-order valence-corrected chi connectivity index (χ1v) is 8.07. The minimum Gasteiger partial charge on any atom is -0.444 e. The third-order valence-electron chi connectivity index (χ3n) is 4.21. The fourth-order valence-corrected chi connectivity index (χ4v) is 3.03. The molecule has 1 amide bonds. The van der Waals surface area contributed by atoms with E-state index in [0.29, 0.717) is 11.6 Å². The number of benzene rings is 1. The van der Waals surface area contributed by atoms with Gasteiger partial charge in [0.15, 0.2) is 0 Å². The van der Waals surface area contributed by atoms with Gasteiger partial charge in [-0.2, -0.15) is 0 Å². The molecule has 1 aliphatic rings. The summed E-state index contributed by atoms with van der Waals surface area (Å²) in [6, 6.07) is 9.80. The largest absolute Gasteiger partial charge is 0.444 e. The molecule has 1 aromatic carbocycles. The molecule has 1 N–H and O–H groups in total. The zero-order valence-corrected chi connectivity index (χ0v) is 13.2. The summed E-state index contributed by atoms with van der Waals surface area (Å²) >= 11 is 0. The summed E-state index contributed by atoms with van der Waals surface area (Å²) in [6.07, 6.45) is 7.34. The van der Waals surface area contributed by atoms with Crippen LogP contribution in [0.15, 0.2) is 53.4 Å². The number of hydrogen-bond donors (Lipinski definition) is 1. The van der Waals surface area contributed by atoms with Crippen LogP contribution in [0.3, 0.4) is 0 Å². The fraction of sp³-hybridized carbons (Fsp3) is 0.278. The van der Waals surface area contributed by atoms with Crippen molar-refractivity contribution in [3.8, 4) is 11.5 Å². The number of hydrogen-bond acceptors (Lipinski definition) is 4. The maximum Gasteiger partial charge on any atom is 0.226 e. The first-order chi connectivity index (χ1) is 11.8. The SMILES string of the molecule is O=C(Cc1coc(-c2ccccc2)n1)NC1CCc2nccn2C1. The van der Waals surface area contributed by atoms with E-state index in [9.17, 15) is 4.79 Å². The number of nitrogens with one attached hydrogen (secondary N) is 1. The van der Waals surface area contributed by atoms with Gasteiger partial charge in [-0.05, 0) is 18.6 Å². The van der Waals surface area contributed by atoms with Crippen LogP contribution in [-0.4, -0.2) is 26.5 Å². The number of fused-ring (bicyclic) bond motifs is 1. The molecule has 1 aliphatic heterocycles. The van der Waals surface area contributed by atoms with Crippen LogP contribution in [0.1, 0.15) is 17.9 Å². The van der Waals surface area contributed by atoms with E-state index in [0.717, 1.165) is 30.8 Å². The zero-order chi connectivity index (χ0) is 16.4. The third kappa shape index (κ3) is 3.08. The number of aromatic nitrogens is 3. The van der Waals surface area contributed by atoms with Crippen molar-refractivity contribution < 1.29 is 9.21 Å². The number of oxazole rings is 1. The van der Waals surface area contributed by atoms with Crippen molar-refractivity contribution >= 4 is 5.91 Å². The van der Waals surface area contributed by atoms with Crippen LogP contribution in [-0.2, 0) is 24.2 Å². The second-order valence-electron chi connectivity index (χ2n) is 5.99. The lowest BCUT2D eigenvalue weighted by molar-refractivity contribution is -0.121. The van der Waals surface area contributed by atoms with E-state index in [4.69, 9.17) is 4.42 Å². The quantitative estimate of drug-likeness (QED) is 0.799. The summed E-state index contributed by atoms with van der Waals surface area (Å²) in [6.45, 7) is 0.773. The van der Waals surface area contributed by atoms with Gasteiger partial charge in [-0.3, -0.25) is 4.79 Å². The van der Waals surface area contributed by atoms with Gasteiger partial charge in [0.25, 0.3) is 0 Å². The van der Waals surface area contributed by atoms with E-state index < -0.39 is 0 Å². The Balaban J connectivity index is 1.36. The van der Waals surface area contributed by atoms with Gasteiger partial charge in [0, 0.05) is 37.0 Å². The van der Waals surface area contributed by atoms with Gasteiger partial charge in [0.05, 0.1) is 12.1 Å². The van der Waals surface area contributed by atoms with Crippen molar-refractivity contribution in [2.75, 3.05) is 0 Å². The van der Waals surface area contributed by atoms with Gasteiger partial charge in [-0.25, -0.2) is 9.97 Å². The highest BCUT2D eigenvalue weighted by molar-refractivity contribution is 5.78. The molecule has 2 aromatic heterocycles. The molecule has 0 spiro atoms. The molecule has 24 heavy (non-hydrogen) atoms. The molecule has 1 atom stereocenters. The summed E-state index contributed by atoms with van der Waals surface area (Å²) in [4.78, 5) is 21.0. The standard InChI is InChI=1S/C18H18N4O2/c23-17(20-14-6-7-16-19-8-9-22(16)11-14)10-15-12-24-18(21-15)13-4-2-1-3-5-13/h1-5,8-9,12,14H,6-7,10-11H2,(H,20,23). The Morgan fingerprint density at radius 3 is 3.08 bits per heavy atom. The number of imidazole rings is 1. The molecule has 6 nitrogen and oxygen atoms in total. The van der Waals surface area contributed by atoms with Crippen LogP contribution in [0.5, 0.6) is 0 Å². The van der Waals surface area contributed by atoms with Crippen molar-refractivity contribution in [2.24, 2.45) is 0 Å². The first kappa shape index (κ1) is 14.7.